The van der Waals surface area contributed by atoms with E-state index in [0.29, 0.717) is 23.7 Å². The lowest BCUT2D eigenvalue weighted by molar-refractivity contribution is -0.149. The molecule has 0 aromatic heterocycles. The van der Waals surface area contributed by atoms with Gasteiger partial charge in [0.1, 0.15) is 6.10 Å². The predicted octanol–water partition coefficient (Wildman–Crippen LogP) is 2.80. The van der Waals surface area contributed by atoms with Crippen LogP contribution in [0.5, 0.6) is 0 Å². The van der Waals surface area contributed by atoms with Gasteiger partial charge in [-0.2, -0.15) is 0 Å². The normalized spacial score (nSPS) is 61.8. The predicted molar refractivity (Wildman–Crippen MR) is 79.7 cm³/mol. The van der Waals surface area contributed by atoms with E-state index in [1.54, 1.807) is 6.92 Å². The molecule has 4 bridgehead atoms. The van der Waals surface area contributed by atoms with Gasteiger partial charge in [-0.3, -0.25) is 0 Å². The summed E-state index contributed by atoms with van der Waals surface area (Å²) < 4.78 is 11.7. The molecule has 0 aromatic carbocycles. The minimum absolute atomic E-state index is 0.175. The van der Waals surface area contributed by atoms with Crippen molar-refractivity contribution in [2.24, 2.45) is 47.3 Å². The van der Waals surface area contributed by atoms with E-state index in [-0.39, 0.29) is 12.1 Å². The molecule has 11 unspecified atom stereocenters. The third-order valence-corrected chi connectivity index (χ3v) is 8.25. The Morgan fingerprint density at radius 1 is 1.00 bits per heavy atom. The van der Waals surface area contributed by atoms with E-state index in [2.05, 4.69) is 6.58 Å². The molecule has 0 amide bonds. The first-order valence-corrected chi connectivity index (χ1v) is 9.15. The molecule has 6 fully saturated rings. The molecule has 5 aliphatic carbocycles. The maximum Gasteiger partial charge on any atom is 0.333 e. The Labute approximate surface area is 131 Å². The second kappa shape index (κ2) is 3.80. The minimum atomic E-state index is -0.175. The number of fused-ring (bicyclic) bond motifs is 14. The zero-order valence-corrected chi connectivity index (χ0v) is 13.1. The van der Waals surface area contributed by atoms with Crippen LogP contribution >= 0.6 is 0 Å². The van der Waals surface area contributed by atoms with Crippen LogP contribution in [0, 0.1) is 47.3 Å². The van der Waals surface area contributed by atoms with Crippen LogP contribution in [0.3, 0.4) is 0 Å². The highest BCUT2D eigenvalue weighted by Crippen LogP contribution is 2.75. The molecule has 1 heterocycles. The number of ether oxygens (including phenoxy) is 2. The van der Waals surface area contributed by atoms with Crippen molar-refractivity contribution < 1.29 is 14.3 Å². The van der Waals surface area contributed by atoms with E-state index in [0.717, 1.165) is 47.8 Å². The number of hydrogen-bond donors (Lipinski definition) is 0. The van der Waals surface area contributed by atoms with Gasteiger partial charge in [0, 0.05) is 5.57 Å². The van der Waals surface area contributed by atoms with Crippen LogP contribution < -0.4 is 0 Å². The molecular formula is C19H24O3. The first-order valence-electron chi connectivity index (χ1n) is 9.15. The summed E-state index contributed by atoms with van der Waals surface area (Å²) in [4.78, 5) is 11.9. The SMILES string of the molecule is C=C(C)C(=O)OC1CC2CC1C1C3CC(C4C3CC3OC34)C21. The fourth-order valence-corrected chi connectivity index (χ4v) is 7.88. The standard InChI is InChI=1S/C19H24O3/c1-7(2)19(20)22-13-4-8-3-11(13)16-9-5-12(15(8)16)17-10(9)6-14-18(17)21-14/h8-18H,1,3-6H2,2H3. The number of esters is 1. The van der Waals surface area contributed by atoms with E-state index in [9.17, 15) is 4.79 Å². The molecule has 6 aliphatic rings. The number of rotatable bonds is 2. The molecule has 3 heteroatoms. The van der Waals surface area contributed by atoms with Crippen molar-refractivity contribution in [1.82, 2.24) is 0 Å². The lowest BCUT2D eigenvalue weighted by atomic mass is 9.63. The van der Waals surface area contributed by atoms with Crippen LogP contribution in [-0.2, 0) is 14.3 Å². The Morgan fingerprint density at radius 2 is 1.82 bits per heavy atom. The highest BCUT2D eigenvalue weighted by atomic mass is 16.6. The Morgan fingerprint density at radius 3 is 2.64 bits per heavy atom. The molecule has 1 aliphatic heterocycles. The van der Waals surface area contributed by atoms with E-state index in [1.165, 1.54) is 19.3 Å². The van der Waals surface area contributed by atoms with Crippen LogP contribution in [0.15, 0.2) is 12.2 Å². The van der Waals surface area contributed by atoms with Gasteiger partial charge in [0.25, 0.3) is 0 Å². The summed E-state index contributed by atoms with van der Waals surface area (Å²) in [7, 11) is 0. The molecule has 0 spiro atoms. The molecule has 0 radical (unpaired) electrons. The Bertz CT molecular complexity index is 583. The average Bonchev–Trinajstić information content (AvgIpc) is 2.95. The molecule has 6 rings (SSSR count). The van der Waals surface area contributed by atoms with Crippen molar-refractivity contribution in [3.63, 3.8) is 0 Å². The highest BCUT2D eigenvalue weighted by Gasteiger charge is 2.73. The molecule has 3 nitrogen and oxygen atoms in total. The molecule has 11 atom stereocenters. The lowest BCUT2D eigenvalue weighted by Crippen LogP contribution is -2.43. The van der Waals surface area contributed by atoms with E-state index in [1.807, 2.05) is 0 Å². The topological polar surface area (TPSA) is 38.8 Å². The van der Waals surface area contributed by atoms with Crippen LogP contribution in [0.4, 0.5) is 0 Å². The molecule has 1 saturated heterocycles. The zero-order valence-electron chi connectivity index (χ0n) is 13.1. The van der Waals surface area contributed by atoms with Crippen LogP contribution in [0.25, 0.3) is 0 Å². The van der Waals surface area contributed by atoms with Gasteiger partial charge in [0.2, 0.25) is 0 Å². The largest absolute Gasteiger partial charge is 0.459 e. The maximum atomic E-state index is 11.9. The maximum absolute atomic E-state index is 11.9. The highest BCUT2D eigenvalue weighted by molar-refractivity contribution is 5.87. The second-order valence-corrected chi connectivity index (χ2v) is 8.95. The summed E-state index contributed by atoms with van der Waals surface area (Å²) in [6, 6.07) is 0. The third-order valence-electron chi connectivity index (χ3n) is 8.25. The van der Waals surface area contributed by atoms with Gasteiger partial charge in [-0.15, -0.1) is 0 Å². The van der Waals surface area contributed by atoms with Crippen molar-refractivity contribution in [2.75, 3.05) is 0 Å². The molecule has 118 valence electrons. The van der Waals surface area contributed by atoms with Gasteiger partial charge in [-0.05, 0) is 80.0 Å². The van der Waals surface area contributed by atoms with Gasteiger partial charge in [-0.1, -0.05) is 6.58 Å². The summed E-state index contributed by atoms with van der Waals surface area (Å²) in [5.74, 6) is 6.75. The summed E-state index contributed by atoms with van der Waals surface area (Å²) in [6.07, 6.45) is 6.63. The fourth-order valence-electron chi connectivity index (χ4n) is 7.88. The van der Waals surface area contributed by atoms with Gasteiger partial charge in [0.05, 0.1) is 12.2 Å². The smallest absolute Gasteiger partial charge is 0.333 e. The summed E-state index contributed by atoms with van der Waals surface area (Å²) in [5.41, 5.74) is 0.542. The van der Waals surface area contributed by atoms with Crippen molar-refractivity contribution >= 4 is 5.97 Å². The summed E-state index contributed by atoms with van der Waals surface area (Å²) >= 11 is 0. The lowest BCUT2D eigenvalue weighted by Gasteiger charge is -2.43. The fraction of sp³-hybridized carbons (Fsp3) is 0.842. The number of carbonyl (C=O) groups is 1. The van der Waals surface area contributed by atoms with Gasteiger partial charge in [-0.25, -0.2) is 4.79 Å². The quantitative estimate of drug-likeness (QED) is 0.341. The second-order valence-electron chi connectivity index (χ2n) is 8.95. The third kappa shape index (κ3) is 1.32. The van der Waals surface area contributed by atoms with Crippen molar-refractivity contribution in [3.05, 3.63) is 12.2 Å². The summed E-state index contributed by atoms with van der Waals surface area (Å²) in [6.45, 7) is 5.49. The van der Waals surface area contributed by atoms with Crippen LogP contribution in [0.2, 0.25) is 0 Å². The average molecular weight is 300 g/mol. The van der Waals surface area contributed by atoms with E-state index in [4.69, 9.17) is 9.47 Å². The minimum Gasteiger partial charge on any atom is -0.459 e. The monoisotopic (exact) mass is 300 g/mol. The number of hydrogen-bond acceptors (Lipinski definition) is 3. The Kier molecular flexibility index (Phi) is 2.17. The molecule has 22 heavy (non-hydrogen) atoms. The number of epoxide rings is 1. The van der Waals surface area contributed by atoms with Gasteiger partial charge < -0.3 is 9.47 Å². The number of carbonyl (C=O) groups excluding carboxylic acids is 1. The van der Waals surface area contributed by atoms with Crippen molar-refractivity contribution in [1.29, 1.82) is 0 Å². The zero-order chi connectivity index (χ0) is 14.7. The molecule has 0 aromatic rings. The van der Waals surface area contributed by atoms with Crippen LogP contribution in [-0.4, -0.2) is 24.3 Å². The summed E-state index contributed by atoms with van der Waals surface area (Å²) in [5, 5.41) is 0. The van der Waals surface area contributed by atoms with Crippen molar-refractivity contribution in [2.45, 2.75) is 50.9 Å². The molecular weight excluding hydrogens is 276 g/mol. The Hall–Kier alpha value is -0.830. The molecule has 0 N–H and O–H groups in total. The van der Waals surface area contributed by atoms with E-state index < -0.39 is 0 Å². The van der Waals surface area contributed by atoms with E-state index >= 15 is 0 Å². The first kappa shape index (κ1) is 12.6. The molecule has 5 saturated carbocycles. The van der Waals surface area contributed by atoms with Crippen molar-refractivity contribution in [3.8, 4) is 0 Å². The van der Waals surface area contributed by atoms with Crippen LogP contribution in [0.1, 0.15) is 32.6 Å². The Balaban J connectivity index is 1.27. The first-order chi connectivity index (χ1) is 10.6. The van der Waals surface area contributed by atoms with Gasteiger partial charge in [0.15, 0.2) is 0 Å². The van der Waals surface area contributed by atoms with Gasteiger partial charge >= 0.3 is 5.97 Å².